The number of ether oxygens (including phenoxy) is 1. The van der Waals surface area contributed by atoms with Crippen molar-refractivity contribution >= 4 is 51.0 Å². The molecule has 0 atom stereocenters. The average molecular weight is 374 g/mol. The second kappa shape index (κ2) is 7.42. The number of carbonyl (C=O) groups excluding carboxylic acids is 1. The van der Waals surface area contributed by atoms with Gasteiger partial charge in [-0.3, -0.25) is 4.79 Å². The molecule has 1 aromatic heterocycles. The predicted octanol–water partition coefficient (Wildman–Crippen LogP) is 3.69. The van der Waals surface area contributed by atoms with E-state index in [1.165, 1.54) is 11.3 Å². The van der Waals surface area contributed by atoms with Gasteiger partial charge in [0, 0.05) is 9.35 Å². The van der Waals surface area contributed by atoms with Gasteiger partial charge in [-0.1, -0.05) is 33.6 Å². The third-order valence-electron chi connectivity index (χ3n) is 2.18. The number of halogens is 2. The second-order valence-corrected chi connectivity index (χ2v) is 5.97. The molecule has 0 fully saturated rings. The summed E-state index contributed by atoms with van der Waals surface area (Å²) in [7, 11) is 0. The maximum Gasteiger partial charge on any atom is 0.277 e. The fraction of sp³-hybridized carbons (Fsp3) is 0.0769. The van der Waals surface area contributed by atoms with Crippen molar-refractivity contribution in [3.63, 3.8) is 0 Å². The molecule has 0 spiro atoms. The minimum atomic E-state index is -0.350. The van der Waals surface area contributed by atoms with Gasteiger partial charge in [-0.25, -0.2) is 5.43 Å². The summed E-state index contributed by atoms with van der Waals surface area (Å²) < 4.78 is 6.15. The smallest absolute Gasteiger partial charge is 0.277 e. The van der Waals surface area contributed by atoms with Crippen molar-refractivity contribution in [2.45, 2.75) is 0 Å². The third kappa shape index (κ3) is 4.63. The lowest BCUT2D eigenvalue weighted by Gasteiger charge is -2.06. The Hall–Kier alpha value is -1.37. The largest absolute Gasteiger partial charge is 0.482 e. The van der Waals surface area contributed by atoms with Crippen LogP contribution in [0.15, 0.2) is 45.3 Å². The number of nitrogens with one attached hydrogen (secondary N) is 1. The van der Waals surface area contributed by atoms with Crippen LogP contribution in [0, 0.1) is 0 Å². The topological polar surface area (TPSA) is 50.7 Å². The summed E-state index contributed by atoms with van der Waals surface area (Å²) in [6.07, 6.45) is 1.58. The highest BCUT2D eigenvalue weighted by Crippen LogP contribution is 2.27. The fourth-order valence-electron chi connectivity index (χ4n) is 1.30. The number of rotatable bonds is 5. The van der Waals surface area contributed by atoms with Gasteiger partial charge in [0.2, 0.25) is 0 Å². The molecule has 1 heterocycles. The van der Waals surface area contributed by atoms with Gasteiger partial charge in [-0.2, -0.15) is 5.10 Å². The minimum Gasteiger partial charge on any atom is -0.482 e. The Morgan fingerprint density at radius 2 is 2.35 bits per heavy atom. The lowest BCUT2D eigenvalue weighted by Crippen LogP contribution is -2.24. The van der Waals surface area contributed by atoms with Crippen molar-refractivity contribution in [1.82, 2.24) is 5.43 Å². The maximum atomic E-state index is 11.5. The molecule has 0 aliphatic rings. The lowest BCUT2D eigenvalue weighted by molar-refractivity contribution is -0.123. The van der Waals surface area contributed by atoms with E-state index in [1.54, 1.807) is 24.4 Å². The van der Waals surface area contributed by atoms with E-state index >= 15 is 0 Å². The normalized spacial score (nSPS) is 10.7. The molecule has 20 heavy (non-hydrogen) atoms. The molecule has 0 aliphatic heterocycles. The van der Waals surface area contributed by atoms with Crippen LogP contribution in [0.25, 0.3) is 0 Å². The van der Waals surface area contributed by atoms with Crippen LogP contribution in [0.4, 0.5) is 0 Å². The Labute approximate surface area is 133 Å². The van der Waals surface area contributed by atoms with Gasteiger partial charge in [0.25, 0.3) is 5.91 Å². The van der Waals surface area contributed by atoms with Crippen molar-refractivity contribution in [2.24, 2.45) is 5.10 Å². The molecule has 0 aliphatic carbocycles. The Morgan fingerprint density at radius 1 is 1.50 bits per heavy atom. The van der Waals surface area contributed by atoms with Crippen LogP contribution in [0.1, 0.15) is 4.88 Å². The number of thiophene rings is 1. The molecule has 0 bridgehead atoms. The van der Waals surface area contributed by atoms with Crippen LogP contribution in [0.2, 0.25) is 5.02 Å². The molecule has 2 aromatic rings. The molecule has 104 valence electrons. The first-order valence-electron chi connectivity index (χ1n) is 5.58. The lowest BCUT2D eigenvalue weighted by atomic mass is 10.3. The Kier molecular flexibility index (Phi) is 5.58. The number of nitrogens with zero attached hydrogens (tertiary/aromatic N) is 1. The minimum absolute atomic E-state index is 0.150. The van der Waals surface area contributed by atoms with Crippen LogP contribution in [0.5, 0.6) is 5.75 Å². The first kappa shape index (κ1) is 15.0. The predicted molar refractivity (Wildman–Crippen MR) is 84.7 cm³/mol. The van der Waals surface area contributed by atoms with Gasteiger partial charge in [-0.05, 0) is 29.6 Å². The summed E-state index contributed by atoms with van der Waals surface area (Å²) in [6, 6.07) is 8.98. The van der Waals surface area contributed by atoms with E-state index in [0.717, 1.165) is 9.35 Å². The van der Waals surface area contributed by atoms with E-state index in [9.17, 15) is 4.79 Å². The SMILES string of the molecule is O=C(COc1ccc(Br)cc1Cl)NN=Cc1cccs1. The number of hydrogen-bond donors (Lipinski definition) is 1. The number of amides is 1. The third-order valence-corrected chi connectivity index (χ3v) is 3.77. The molecule has 4 nitrogen and oxygen atoms in total. The van der Waals surface area contributed by atoms with Crippen molar-refractivity contribution in [3.05, 3.63) is 50.1 Å². The summed E-state index contributed by atoms with van der Waals surface area (Å²) in [6.45, 7) is -0.150. The van der Waals surface area contributed by atoms with E-state index < -0.39 is 0 Å². The molecule has 0 saturated heterocycles. The van der Waals surface area contributed by atoms with Crippen molar-refractivity contribution in [2.75, 3.05) is 6.61 Å². The average Bonchev–Trinajstić information content (AvgIpc) is 2.91. The van der Waals surface area contributed by atoms with Crippen molar-refractivity contribution < 1.29 is 9.53 Å². The highest BCUT2D eigenvalue weighted by molar-refractivity contribution is 9.10. The number of hydrogen-bond acceptors (Lipinski definition) is 4. The first-order chi connectivity index (χ1) is 9.65. The van der Waals surface area contributed by atoms with Gasteiger partial charge < -0.3 is 4.74 Å². The molecular formula is C13H10BrClN2O2S. The van der Waals surface area contributed by atoms with Crippen LogP contribution in [-0.4, -0.2) is 18.7 Å². The van der Waals surface area contributed by atoms with E-state index in [-0.39, 0.29) is 12.5 Å². The summed E-state index contributed by atoms with van der Waals surface area (Å²) in [5, 5.41) is 6.20. The molecule has 7 heteroatoms. The highest BCUT2D eigenvalue weighted by atomic mass is 79.9. The van der Waals surface area contributed by atoms with Crippen LogP contribution < -0.4 is 10.2 Å². The van der Waals surface area contributed by atoms with E-state index in [2.05, 4.69) is 26.5 Å². The van der Waals surface area contributed by atoms with Gasteiger partial charge >= 0.3 is 0 Å². The fourth-order valence-corrected chi connectivity index (χ4v) is 2.61. The second-order valence-electron chi connectivity index (χ2n) is 3.67. The van der Waals surface area contributed by atoms with E-state index in [4.69, 9.17) is 16.3 Å². The zero-order valence-corrected chi connectivity index (χ0v) is 13.3. The summed E-state index contributed by atoms with van der Waals surface area (Å²) in [5.74, 6) is 0.101. The maximum absolute atomic E-state index is 11.5. The Balaban J connectivity index is 1.80. The Bertz CT molecular complexity index is 617. The molecule has 0 unspecified atom stereocenters. The number of hydrazone groups is 1. The monoisotopic (exact) mass is 372 g/mol. The molecular weight excluding hydrogens is 364 g/mol. The van der Waals surface area contributed by atoms with Gasteiger partial charge in [0.1, 0.15) is 5.75 Å². The van der Waals surface area contributed by atoms with Crippen molar-refractivity contribution in [3.8, 4) is 5.75 Å². The molecule has 0 radical (unpaired) electrons. The van der Waals surface area contributed by atoms with Crippen LogP contribution in [0.3, 0.4) is 0 Å². The number of carbonyl (C=O) groups is 1. The van der Waals surface area contributed by atoms with Gasteiger partial charge in [0.05, 0.1) is 11.2 Å². The van der Waals surface area contributed by atoms with Crippen LogP contribution >= 0.6 is 38.9 Å². The highest BCUT2D eigenvalue weighted by Gasteiger charge is 2.05. The summed E-state index contributed by atoms with van der Waals surface area (Å²) in [5.41, 5.74) is 2.38. The number of benzene rings is 1. The Morgan fingerprint density at radius 3 is 3.05 bits per heavy atom. The van der Waals surface area contributed by atoms with Gasteiger partial charge in [0.15, 0.2) is 6.61 Å². The zero-order chi connectivity index (χ0) is 14.4. The van der Waals surface area contributed by atoms with E-state index in [0.29, 0.717) is 10.8 Å². The zero-order valence-electron chi connectivity index (χ0n) is 10.2. The summed E-state index contributed by atoms with van der Waals surface area (Å²) >= 11 is 10.8. The standard InChI is InChI=1S/C13H10BrClN2O2S/c14-9-3-4-12(11(15)6-9)19-8-13(18)17-16-7-10-2-1-5-20-10/h1-7H,8H2,(H,17,18). The molecule has 2 rings (SSSR count). The molecule has 1 aromatic carbocycles. The molecule has 1 amide bonds. The quantitative estimate of drug-likeness (QED) is 0.642. The summed E-state index contributed by atoms with van der Waals surface area (Å²) in [4.78, 5) is 12.5. The van der Waals surface area contributed by atoms with Crippen molar-refractivity contribution in [1.29, 1.82) is 0 Å². The van der Waals surface area contributed by atoms with Gasteiger partial charge in [-0.15, -0.1) is 11.3 Å². The first-order valence-corrected chi connectivity index (χ1v) is 7.63. The van der Waals surface area contributed by atoms with E-state index in [1.807, 2.05) is 17.5 Å². The van der Waals surface area contributed by atoms with Crippen LogP contribution in [-0.2, 0) is 4.79 Å². The molecule has 0 saturated carbocycles. The molecule has 1 N–H and O–H groups in total.